The van der Waals surface area contributed by atoms with E-state index in [9.17, 15) is 18.0 Å². The van der Waals surface area contributed by atoms with Gasteiger partial charge in [-0.1, -0.05) is 5.11 Å². The first-order valence-electron chi connectivity index (χ1n) is 5.34. The SMILES string of the molecule is CC(CCCC(F)(F)F)(NCCN=[N+]=[N-])C(N)=O. The Hall–Kier alpha value is -1.47. The van der Waals surface area contributed by atoms with Gasteiger partial charge in [-0.05, 0) is 25.3 Å². The summed E-state index contributed by atoms with van der Waals surface area (Å²) in [7, 11) is 0. The Morgan fingerprint density at radius 1 is 1.44 bits per heavy atom. The molecule has 3 N–H and O–H groups in total. The summed E-state index contributed by atoms with van der Waals surface area (Å²) in [5.74, 6) is -0.731. The molecule has 1 amide bonds. The van der Waals surface area contributed by atoms with Crippen LogP contribution >= 0.6 is 0 Å². The molecule has 0 bridgehead atoms. The third-order valence-electron chi connectivity index (χ3n) is 2.47. The van der Waals surface area contributed by atoms with E-state index in [1.165, 1.54) is 6.92 Å². The Morgan fingerprint density at radius 2 is 2.06 bits per heavy atom. The van der Waals surface area contributed by atoms with Gasteiger partial charge in [0.2, 0.25) is 5.91 Å². The van der Waals surface area contributed by atoms with Crippen molar-refractivity contribution in [3.63, 3.8) is 0 Å². The number of primary amides is 1. The number of halogens is 3. The molecule has 1 unspecified atom stereocenters. The first-order chi connectivity index (χ1) is 8.21. The first-order valence-corrected chi connectivity index (χ1v) is 5.34. The smallest absolute Gasteiger partial charge is 0.368 e. The molecule has 6 nitrogen and oxygen atoms in total. The van der Waals surface area contributed by atoms with Gasteiger partial charge in [-0.15, -0.1) is 0 Å². The number of hydrogen-bond donors (Lipinski definition) is 2. The Morgan fingerprint density at radius 3 is 2.50 bits per heavy atom. The molecule has 0 saturated heterocycles. The normalized spacial score (nSPS) is 14.7. The Balaban J connectivity index is 4.26. The molecule has 0 aliphatic rings. The zero-order chi connectivity index (χ0) is 14.2. The van der Waals surface area contributed by atoms with E-state index in [1.807, 2.05) is 0 Å². The maximum atomic E-state index is 12.0. The molecule has 0 aliphatic heterocycles. The van der Waals surface area contributed by atoms with E-state index < -0.39 is 24.0 Å². The van der Waals surface area contributed by atoms with Gasteiger partial charge in [0.25, 0.3) is 0 Å². The summed E-state index contributed by atoms with van der Waals surface area (Å²) in [4.78, 5) is 13.7. The van der Waals surface area contributed by atoms with Gasteiger partial charge in [0.05, 0.1) is 5.54 Å². The second kappa shape index (κ2) is 7.07. The molecule has 0 fully saturated rings. The number of azide groups is 1. The van der Waals surface area contributed by atoms with Crippen LogP contribution in [0.15, 0.2) is 5.11 Å². The van der Waals surface area contributed by atoms with Crippen LogP contribution in [0.25, 0.3) is 10.4 Å². The van der Waals surface area contributed by atoms with Gasteiger partial charge < -0.3 is 11.1 Å². The zero-order valence-electron chi connectivity index (χ0n) is 10.00. The molecule has 0 rings (SSSR count). The highest BCUT2D eigenvalue weighted by atomic mass is 19.4. The summed E-state index contributed by atoms with van der Waals surface area (Å²) in [6.45, 7) is 1.70. The highest BCUT2D eigenvalue weighted by Crippen LogP contribution is 2.24. The van der Waals surface area contributed by atoms with E-state index in [2.05, 4.69) is 15.3 Å². The van der Waals surface area contributed by atoms with Crippen LogP contribution in [0.5, 0.6) is 0 Å². The molecular formula is C9H16F3N5O. The number of nitrogens with zero attached hydrogens (tertiary/aromatic N) is 3. The molecule has 0 saturated carbocycles. The number of carbonyl (C=O) groups is 1. The summed E-state index contributed by atoms with van der Waals surface area (Å²) in [6.07, 6.45) is -5.44. The summed E-state index contributed by atoms with van der Waals surface area (Å²) < 4.78 is 36.0. The number of carbonyl (C=O) groups excluding carboxylic acids is 1. The average molecular weight is 267 g/mol. The van der Waals surface area contributed by atoms with Gasteiger partial charge >= 0.3 is 6.18 Å². The van der Waals surface area contributed by atoms with Crippen LogP contribution in [0, 0.1) is 0 Å². The van der Waals surface area contributed by atoms with Crippen LogP contribution in [0.2, 0.25) is 0 Å². The van der Waals surface area contributed by atoms with Crippen LogP contribution < -0.4 is 11.1 Å². The highest BCUT2D eigenvalue weighted by Gasteiger charge is 2.33. The summed E-state index contributed by atoms with van der Waals surface area (Å²) in [6, 6.07) is 0. The average Bonchev–Trinajstić information content (AvgIpc) is 2.22. The lowest BCUT2D eigenvalue weighted by Crippen LogP contribution is -2.53. The van der Waals surface area contributed by atoms with Crippen LogP contribution in [0.3, 0.4) is 0 Å². The minimum atomic E-state index is -4.25. The molecule has 18 heavy (non-hydrogen) atoms. The molecular weight excluding hydrogens is 251 g/mol. The lowest BCUT2D eigenvalue weighted by molar-refractivity contribution is -0.138. The van der Waals surface area contributed by atoms with Crippen molar-refractivity contribution in [2.24, 2.45) is 10.8 Å². The van der Waals surface area contributed by atoms with Crippen LogP contribution in [0.4, 0.5) is 13.2 Å². The quantitative estimate of drug-likeness (QED) is 0.303. The zero-order valence-corrected chi connectivity index (χ0v) is 10.00. The van der Waals surface area contributed by atoms with E-state index in [0.29, 0.717) is 0 Å². The number of hydrogen-bond acceptors (Lipinski definition) is 3. The monoisotopic (exact) mass is 267 g/mol. The van der Waals surface area contributed by atoms with E-state index >= 15 is 0 Å². The molecule has 0 radical (unpaired) electrons. The number of rotatable bonds is 8. The number of nitrogens with one attached hydrogen (secondary N) is 1. The Kier molecular flexibility index (Phi) is 6.50. The van der Waals surface area contributed by atoms with Crippen molar-refractivity contribution < 1.29 is 18.0 Å². The molecule has 0 aliphatic carbocycles. The topological polar surface area (TPSA) is 104 Å². The number of amides is 1. The lowest BCUT2D eigenvalue weighted by Gasteiger charge is -2.27. The number of alkyl halides is 3. The van der Waals surface area contributed by atoms with Crippen LogP contribution in [0.1, 0.15) is 26.2 Å². The van der Waals surface area contributed by atoms with Crippen molar-refractivity contribution in [1.29, 1.82) is 0 Å². The van der Waals surface area contributed by atoms with Gasteiger partial charge in [0, 0.05) is 24.4 Å². The molecule has 104 valence electrons. The van der Waals surface area contributed by atoms with Crippen molar-refractivity contribution in [3.8, 4) is 0 Å². The molecule has 0 aromatic carbocycles. The Labute approximate surface area is 102 Å². The standard InChI is InChI=1S/C9H16F3N5O/c1-8(7(13)18,15-5-6-16-17-14)3-2-4-9(10,11)12/h15H,2-6H2,1H3,(H2,13,18). The fourth-order valence-corrected chi connectivity index (χ4v) is 1.37. The molecule has 1 atom stereocenters. The van der Waals surface area contributed by atoms with Crippen LogP contribution in [-0.2, 0) is 4.79 Å². The van der Waals surface area contributed by atoms with Crippen molar-refractivity contribution >= 4 is 5.91 Å². The van der Waals surface area contributed by atoms with E-state index in [-0.39, 0.29) is 25.9 Å². The molecule has 0 heterocycles. The maximum absolute atomic E-state index is 12.0. The second-order valence-electron chi connectivity index (χ2n) is 4.05. The summed E-state index contributed by atoms with van der Waals surface area (Å²) in [5.41, 5.74) is 12.0. The Bertz CT molecular complexity index is 327. The second-order valence-corrected chi connectivity index (χ2v) is 4.05. The molecule has 9 heteroatoms. The third kappa shape index (κ3) is 6.97. The van der Waals surface area contributed by atoms with Crippen molar-refractivity contribution in [1.82, 2.24) is 5.32 Å². The van der Waals surface area contributed by atoms with Gasteiger partial charge in [-0.3, -0.25) is 4.79 Å². The predicted octanol–water partition coefficient (Wildman–Crippen LogP) is 1.86. The number of nitrogens with two attached hydrogens (primary N) is 1. The van der Waals surface area contributed by atoms with Gasteiger partial charge in [0.1, 0.15) is 0 Å². The highest BCUT2D eigenvalue weighted by molar-refractivity contribution is 5.84. The molecule has 0 aromatic rings. The fourth-order valence-electron chi connectivity index (χ4n) is 1.37. The van der Waals surface area contributed by atoms with E-state index in [0.717, 1.165) is 0 Å². The minimum absolute atomic E-state index is 0.0297. The van der Waals surface area contributed by atoms with Crippen molar-refractivity contribution in [2.45, 2.75) is 37.9 Å². The van der Waals surface area contributed by atoms with Crippen molar-refractivity contribution in [2.75, 3.05) is 13.1 Å². The molecule has 0 aromatic heterocycles. The maximum Gasteiger partial charge on any atom is 0.389 e. The van der Waals surface area contributed by atoms with Gasteiger partial charge in [-0.2, -0.15) is 13.2 Å². The van der Waals surface area contributed by atoms with E-state index in [4.69, 9.17) is 11.3 Å². The largest absolute Gasteiger partial charge is 0.389 e. The summed E-state index contributed by atoms with van der Waals surface area (Å²) >= 11 is 0. The summed E-state index contributed by atoms with van der Waals surface area (Å²) in [5, 5.41) is 5.95. The van der Waals surface area contributed by atoms with Crippen molar-refractivity contribution in [3.05, 3.63) is 10.4 Å². The van der Waals surface area contributed by atoms with Gasteiger partial charge in [-0.25, -0.2) is 0 Å². The fraction of sp³-hybridized carbons (Fsp3) is 0.889. The minimum Gasteiger partial charge on any atom is -0.368 e. The van der Waals surface area contributed by atoms with Gasteiger partial charge in [0.15, 0.2) is 0 Å². The lowest BCUT2D eigenvalue weighted by atomic mass is 9.94. The predicted molar refractivity (Wildman–Crippen MR) is 59.5 cm³/mol. The first kappa shape index (κ1) is 16.5. The van der Waals surface area contributed by atoms with E-state index in [1.54, 1.807) is 0 Å². The third-order valence-corrected chi connectivity index (χ3v) is 2.47. The molecule has 0 spiro atoms. The van der Waals surface area contributed by atoms with Crippen LogP contribution in [-0.4, -0.2) is 30.7 Å².